The van der Waals surface area contributed by atoms with Crippen molar-refractivity contribution in [2.75, 3.05) is 13.1 Å². The van der Waals surface area contributed by atoms with Gasteiger partial charge in [0.25, 0.3) is 0 Å². The summed E-state index contributed by atoms with van der Waals surface area (Å²) in [5, 5.41) is 3.25. The molecule has 2 heterocycles. The van der Waals surface area contributed by atoms with Crippen molar-refractivity contribution < 1.29 is 9.13 Å². The number of halogens is 1. The molecule has 1 aliphatic rings. The number of ether oxygens (including phenoxy) is 1. The highest BCUT2D eigenvalue weighted by Gasteiger charge is 2.18. The van der Waals surface area contributed by atoms with Gasteiger partial charge < -0.3 is 10.1 Å². The van der Waals surface area contributed by atoms with Gasteiger partial charge in [-0.1, -0.05) is 12.1 Å². The minimum absolute atomic E-state index is 0.141. The van der Waals surface area contributed by atoms with E-state index in [9.17, 15) is 4.39 Å². The summed E-state index contributed by atoms with van der Waals surface area (Å²) in [5.74, 6) is 0.316. The van der Waals surface area contributed by atoms with Gasteiger partial charge >= 0.3 is 0 Å². The van der Waals surface area contributed by atoms with Crippen molar-refractivity contribution in [3.8, 4) is 17.0 Å². The molecule has 1 aliphatic heterocycles. The number of pyridine rings is 1. The van der Waals surface area contributed by atoms with Gasteiger partial charge in [0.2, 0.25) is 5.88 Å². The molecule has 1 unspecified atom stereocenters. The molecule has 0 amide bonds. The van der Waals surface area contributed by atoms with E-state index in [-0.39, 0.29) is 11.9 Å². The fraction of sp³-hybridized carbons (Fsp3) is 0.267. The first-order valence-corrected chi connectivity index (χ1v) is 6.41. The molecule has 19 heavy (non-hydrogen) atoms. The van der Waals surface area contributed by atoms with Crippen LogP contribution in [0, 0.1) is 5.82 Å². The zero-order valence-electron chi connectivity index (χ0n) is 10.5. The van der Waals surface area contributed by atoms with Crippen LogP contribution in [-0.2, 0) is 0 Å². The third-order valence-corrected chi connectivity index (χ3v) is 3.20. The largest absolute Gasteiger partial charge is 0.473 e. The molecule has 3 rings (SSSR count). The van der Waals surface area contributed by atoms with Crippen LogP contribution in [0.15, 0.2) is 42.6 Å². The Labute approximate surface area is 111 Å². The van der Waals surface area contributed by atoms with Gasteiger partial charge in [0.15, 0.2) is 0 Å². The molecule has 0 saturated carbocycles. The molecule has 1 fully saturated rings. The lowest BCUT2D eigenvalue weighted by molar-refractivity contribution is 0.215. The van der Waals surface area contributed by atoms with E-state index in [1.165, 1.54) is 12.1 Å². The lowest BCUT2D eigenvalue weighted by Crippen LogP contribution is -2.20. The summed E-state index contributed by atoms with van der Waals surface area (Å²) in [7, 11) is 0. The third-order valence-electron chi connectivity index (χ3n) is 3.20. The number of hydrogen-bond acceptors (Lipinski definition) is 3. The van der Waals surface area contributed by atoms with Gasteiger partial charge in [-0.05, 0) is 42.8 Å². The summed E-state index contributed by atoms with van der Waals surface area (Å²) in [5.41, 5.74) is 1.61. The van der Waals surface area contributed by atoms with Crippen LogP contribution in [0.25, 0.3) is 11.1 Å². The van der Waals surface area contributed by atoms with Gasteiger partial charge in [-0.15, -0.1) is 0 Å². The molecule has 1 atom stereocenters. The van der Waals surface area contributed by atoms with Crippen molar-refractivity contribution in [1.29, 1.82) is 0 Å². The molecular formula is C15H15FN2O. The molecular weight excluding hydrogens is 243 g/mol. The maximum atomic E-state index is 13.3. The maximum absolute atomic E-state index is 13.3. The van der Waals surface area contributed by atoms with Crippen molar-refractivity contribution in [2.45, 2.75) is 12.5 Å². The Morgan fingerprint density at radius 1 is 1.26 bits per heavy atom. The van der Waals surface area contributed by atoms with Gasteiger partial charge in [-0.25, -0.2) is 9.37 Å². The Balaban J connectivity index is 1.92. The molecule has 3 nitrogen and oxygen atoms in total. The highest BCUT2D eigenvalue weighted by Crippen LogP contribution is 2.29. The van der Waals surface area contributed by atoms with E-state index in [4.69, 9.17) is 4.74 Å². The van der Waals surface area contributed by atoms with Crippen LogP contribution >= 0.6 is 0 Å². The van der Waals surface area contributed by atoms with E-state index >= 15 is 0 Å². The highest BCUT2D eigenvalue weighted by atomic mass is 19.1. The van der Waals surface area contributed by atoms with E-state index in [1.54, 1.807) is 12.3 Å². The average molecular weight is 258 g/mol. The van der Waals surface area contributed by atoms with Crippen LogP contribution in [0.1, 0.15) is 6.42 Å². The maximum Gasteiger partial charge on any atom is 0.221 e. The van der Waals surface area contributed by atoms with Gasteiger partial charge in [-0.3, -0.25) is 0 Å². The Morgan fingerprint density at radius 2 is 2.21 bits per heavy atom. The average Bonchev–Trinajstić information content (AvgIpc) is 2.92. The number of nitrogens with zero attached hydrogens (tertiary/aromatic N) is 1. The van der Waals surface area contributed by atoms with Crippen LogP contribution < -0.4 is 10.1 Å². The summed E-state index contributed by atoms with van der Waals surface area (Å²) in [6.07, 6.45) is 2.81. The molecule has 1 aromatic heterocycles. The first-order chi connectivity index (χ1) is 9.33. The summed E-state index contributed by atoms with van der Waals surface area (Å²) >= 11 is 0. The summed E-state index contributed by atoms with van der Waals surface area (Å²) in [4.78, 5) is 4.28. The van der Waals surface area contributed by atoms with E-state index < -0.39 is 0 Å². The summed E-state index contributed by atoms with van der Waals surface area (Å²) in [6, 6.07) is 10.2. The zero-order valence-corrected chi connectivity index (χ0v) is 10.5. The Hall–Kier alpha value is -1.94. The van der Waals surface area contributed by atoms with E-state index in [0.717, 1.165) is 30.6 Å². The van der Waals surface area contributed by atoms with Crippen LogP contribution in [0.2, 0.25) is 0 Å². The second-order valence-electron chi connectivity index (χ2n) is 4.60. The minimum atomic E-state index is -0.255. The van der Waals surface area contributed by atoms with Crippen molar-refractivity contribution in [3.63, 3.8) is 0 Å². The predicted octanol–water partition coefficient (Wildman–Crippen LogP) is 2.63. The smallest absolute Gasteiger partial charge is 0.221 e. The van der Waals surface area contributed by atoms with Crippen LogP contribution in [0.5, 0.6) is 5.88 Å². The summed E-state index contributed by atoms with van der Waals surface area (Å²) < 4.78 is 19.2. The van der Waals surface area contributed by atoms with E-state index in [1.807, 2.05) is 18.2 Å². The number of nitrogens with one attached hydrogen (secondary N) is 1. The van der Waals surface area contributed by atoms with Crippen LogP contribution in [0.4, 0.5) is 4.39 Å². The van der Waals surface area contributed by atoms with Crippen molar-refractivity contribution in [3.05, 3.63) is 48.4 Å². The third kappa shape index (κ3) is 2.74. The minimum Gasteiger partial charge on any atom is -0.473 e. The SMILES string of the molecule is Fc1cccc(-c2cccnc2OC2CCNC2)c1. The topological polar surface area (TPSA) is 34.1 Å². The van der Waals surface area contributed by atoms with Crippen molar-refractivity contribution in [2.24, 2.45) is 0 Å². The van der Waals surface area contributed by atoms with Crippen molar-refractivity contribution in [1.82, 2.24) is 10.3 Å². The lowest BCUT2D eigenvalue weighted by Gasteiger charge is -2.14. The number of rotatable bonds is 3. The molecule has 0 spiro atoms. The predicted molar refractivity (Wildman–Crippen MR) is 71.5 cm³/mol. The Morgan fingerprint density at radius 3 is 3.00 bits per heavy atom. The lowest BCUT2D eigenvalue weighted by atomic mass is 10.1. The second kappa shape index (κ2) is 5.36. The van der Waals surface area contributed by atoms with Crippen LogP contribution in [-0.4, -0.2) is 24.2 Å². The zero-order chi connectivity index (χ0) is 13.1. The number of aromatic nitrogens is 1. The molecule has 1 saturated heterocycles. The van der Waals surface area contributed by atoms with Crippen molar-refractivity contribution >= 4 is 0 Å². The number of benzene rings is 1. The quantitative estimate of drug-likeness (QED) is 0.919. The Kier molecular flexibility index (Phi) is 3.42. The normalized spacial score (nSPS) is 18.5. The molecule has 2 aromatic rings. The standard InChI is InChI=1S/C15H15FN2O/c16-12-4-1-3-11(9-12)14-5-2-7-18-15(14)19-13-6-8-17-10-13/h1-5,7,9,13,17H,6,8,10H2. The van der Waals surface area contributed by atoms with E-state index in [2.05, 4.69) is 10.3 Å². The molecule has 4 heteroatoms. The fourth-order valence-electron chi connectivity index (χ4n) is 2.25. The highest BCUT2D eigenvalue weighted by molar-refractivity contribution is 5.68. The molecule has 0 aliphatic carbocycles. The van der Waals surface area contributed by atoms with Gasteiger partial charge in [0, 0.05) is 18.3 Å². The first kappa shape index (κ1) is 12.1. The monoisotopic (exact) mass is 258 g/mol. The summed E-state index contributed by atoms with van der Waals surface area (Å²) in [6.45, 7) is 1.80. The molecule has 1 N–H and O–H groups in total. The molecule has 0 radical (unpaired) electrons. The molecule has 98 valence electrons. The fourth-order valence-corrected chi connectivity index (χ4v) is 2.25. The second-order valence-corrected chi connectivity index (χ2v) is 4.60. The molecule has 1 aromatic carbocycles. The van der Waals surface area contributed by atoms with Gasteiger partial charge in [0.05, 0.1) is 0 Å². The van der Waals surface area contributed by atoms with Gasteiger partial charge in [-0.2, -0.15) is 0 Å². The van der Waals surface area contributed by atoms with Crippen LogP contribution in [0.3, 0.4) is 0 Å². The van der Waals surface area contributed by atoms with E-state index in [0.29, 0.717) is 5.88 Å². The first-order valence-electron chi connectivity index (χ1n) is 6.41. The molecule has 0 bridgehead atoms. The van der Waals surface area contributed by atoms with Gasteiger partial charge in [0.1, 0.15) is 11.9 Å². The number of hydrogen-bond donors (Lipinski definition) is 1. The Bertz CT molecular complexity index is 568.